The molecule has 0 N–H and O–H groups in total. The number of hydrogen-bond acceptors (Lipinski definition) is 7. The Bertz CT molecular complexity index is 698. The average molecular weight is 349 g/mol. The second-order valence-electron chi connectivity index (χ2n) is 5.78. The van der Waals surface area contributed by atoms with Gasteiger partial charge in [-0.2, -0.15) is 10.1 Å². The molecule has 1 unspecified atom stereocenters. The van der Waals surface area contributed by atoms with E-state index in [1.54, 1.807) is 29.0 Å². The van der Waals surface area contributed by atoms with Gasteiger partial charge in [-0.05, 0) is 25.8 Å². The molecule has 0 saturated carbocycles. The van der Waals surface area contributed by atoms with Crippen LogP contribution in [0.4, 0.5) is 0 Å². The van der Waals surface area contributed by atoms with Crippen LogP contribution >= 0.6 is 0 Å². The van der Waals surface area contributed by atoms with Gasteiger partial charge >= 0.3 is 0 Å². The SMILES string of the molecule is CCn1nccc1C(=O)N1CCCC1c1noc(COCCOC)n1. The topological polar surface area (TPSA) is 95.5 Å². The summed E-state index contributed by atoms with van der Waals surface area (Å²) in [6.07, 6.45) is 3.37. The van der Waals surface area contributed by atoms with Crippen molar-refractivity contribution in [2.45, 2.75) is 39.0 Å². The molecular weight excluding hydrogens is 326 g/mol. The summed E-state index contributed by atoms with van der Waals surface area (Å²) in [7, 11) is 1.62. The molecule has 0 spiro atoms. The van der Waals surface area contributed by atoms with E-state index >= 15 is 0 Å². The number of methoxy groups -OCH3 is 1. The fourth-order valence-electron chi connectivity index (χ4n) is 2.96. The first kappa shape index (κ1) is 17.6. The molecule has 0 aliphatic carbocycles. The molecule has 3 heterocycles. The summed E-state index contributed by atoms with van der Waals surface area (Å²) in [5, 5.41) is 8.21. The molecule has 0 radical (unpaired) electrons. The highest BCUT2D eigenvalue weighted by Gasteiger charge is 2.35. The van der Waals surface area contributed by atoms with Gasteiger partial charge in [-0.1, -0.05) is 5.16 Å². The van der Waals surface area contributed by atoms with E-state index in [2.05, 4.69) is 15.2 Å². The summed E-state index contributed by atoms with van der Waals surface area (Å²) in [5.74, 6) is 0.882. The van der Waals surface area contributed by atoms with Crippen LogP contribution in [0.25, 0.3) is 0 Å². The molecule has 0 aromatic carbocycles. The van der Waals surface area contributed by atoms with Crippen molar-refractivity contribution >= 4 is 5.91 Å². The van der Waals surface area contributed by atoms with Crippen LogP contribution in [0.2, 0.25) is 0 Å². The first-order chi connectivity index (χ1) is 12.2. The molecule has 1 aliphatic rings. The highest BCUT2D eigenvalue weighted by atomic mass is 16.5. The number of nitrogens with zero attached hydrogens (tertiary/aromatic N) is 5. The lowest BCUT2D eigenvalue weighted by molar-refractivity contribution is 0.0494. The van der Waals surface area contributed by atoms with Crippen LogP contribution in [-0.2, 0) is 22.6 Å². The molecule has 2 aromatic heterocycles. The Labute approximate surface area is 145 Å². The van der Waals surface area contributed by atoms with Crippen LogP contribution in [0.15, 0.2) is 16.8 Å². The minimum Gasteiger partial charge on any atom is -0.382 e. The van der Waals surface area contributed by atoms with E-state index in [0.717, 1.165) is 12.8 Å². The number of amides is 1. The van der Waals surface area contributed by atoms with Crippen molar-refractivity contribution in [3.05, 3.63) is 29.7 Å². The van der Waals surface area contributed by atoms with Gasteiger partial charge in [0.1, 0.15) is 12.3 Å². The number of likely N-dealkylation sites (tertiary alicyclic amines) is 1. The fraction of sp³-hybridized carbons (Fsp3) is 0.625. The van der Waals surface area contributed by atoms with E-state index in [1.165, 1.54) is 0 Å². The molecule has 9 heteroatoms. The number of carbonyl (C=O) groups excluding carboxylic acids is 1. The van der Waals surface area contributed by atoms with E-state index in [4.69, 9.17) is 14.0 Å². The molecule has 136 valence electrons. The van der Waals surface area contributed by atoms with Gasteiger partial charge in [0, 0.05) is 26.4 Å². The standard InChI is InChI=1S/C16H23N5O4/c1-3-21-13(6-7-17-21)16(22)20-8-4-5-12(20)15-18-14(25-19-15)11-24-10-9-23-2/h6-7,12H,3-5,8-11H2,1-2H3. The maximum Gasteiger partial charge on any atom is 0.272 e. The molecule has 1 amide bonds. The molecule has 1 atom stereocenters. The number of hydrogen-bond donors (Lipinski definition) is 0. The number of ether oxygens (including phenoxy) is 2. The minimum atomic E-state index is -0.177. The minimum absolute atomic E-state index is 0.0513. The van der Waals surface area contributed by atoms with Crippen molar-refractivity contribution in [1.82, 2.24) is 24.8 Å². The Kier molecular flexibility index (Phi) is 5.77. The van der Waals surface area contributed by atoms with Crippen LogP contribution in [0, 0.1) is 0 Å². The highest BCUT2D eigenvalue weighted by molar-refractivity contribution is 5.93. The number of rotatable bonds is 8. The van der Waals surface area contributed by atoms with E-state index < -0.39 is 0 Å². The maximum atomic E-state index is 12.9. The molecule has 2 aromatic rings. The summed E-state index contributed by atoms with van der Waals surface area (Å²) < 4.78 is 17.2. The van der Waals surface area contributed by atoms with Crippen molar-refractivity contribution in [3.8, 4) is 0 Å². The van der Waals surface area contributed by atoms with Crippen LogP contribution in [0.3, 0.4) is 0 Å². The zero-order chi connectivity index (χ0) is 17.6. The number of aryl methyl sites for hydroxylation is 1. The molecule has 3 rings (SSSR count). The first-order valence-electron chi connectivity index (χ1n) is 8.46. The molecular formula is C16H23N5O4. The number of carbonyl (C=O) groups is 1. The number of aromatic nitrogens is 4. The van der Waals surface area contributed by atoms with Crippen LogP contribution in [-0.4, -0.2) is 57.6 Å². The highest BCUT2D eigenvalue weighted by Crippen LogP contribution is 2.31. The van der Waals surface area contributed by atoms with Gasteiger partial charge in [-0.3, -0.25) is 9.48 Å². The second kappa shape index (κ2) is 8.21. The Morgan fingerprint density at radius 3 is 3.12 bits per heavy atom. The van der Waals surface area contributed by atoms with E-state index in [-0.39, 0.29) is 18.6 Å². The van der Waals surface area contributed by atoms with Gasteiger partial charge < -0.3 is 18.9 Å². The third-order valence-electron chi connectivity index (χ3n) is 4.19. The van der Waals surface area contributed by atoms with E-state index in [9.17, 15) is 4.79 Å². The monoisotopic (exact) mass is 349 g/mol. The van der Waals surface area contributed by atoms with Gasteiger partial charge in [0.25, 0.3) is 11.8 Å². The lowest BCUT2D eigenvalue weighted by Gasteiger charge is -2.22. The predicted octanol–water partition coefficient (Wildman–Crippen LogP) is 1.43. The quantitative estimate of drug-likeness (QED) is 0.665. The summed E-state index contributed by atoms with van der Waals surface area (Å²) >= 11 is 0. The first-order valence-corrected chi connectivity index (χ1v) is 8.46. The molecule has 1 aliphatic heterocycles. The van der Waals surface area contributed by atoms with Crippen molar-refractivity contribution in [1.29, 1.82) is 0 Å². The third-order valence-corrected chi connectivity index (χ3v) is 4.19. The van der Waals surface area contributed by atoms with Crippen LogP contribution in [0.5, 0.6) is 0 Å². The van der Waals surface area contributed by atoms with Crippen LogP contribution in [0.1, 0.15) is 48.0 Å². The van der Waals surface area contributed by atoms with Crippen molar-refractivity contribution < 1.29 is 18.8 Å². The average Bonchev–Trinajstić information content (AvgIpc) is 3.37. The Morgan fingerprint density at radius 1 is 1.44 bits per heavy atom. The fourth-order valence-corrected chi connectivity index (χ4v) is 2.96. The molecule has 9 nitrogen and oxygen atoms in total. The molecule has 25 heavy (non-hydrogen) atoms. The zero-order valence-electron chi connectivity index (χ0n) is 14.6. The zero-order valence-corrected chi connectivity index (χ0v) is 14.6. The van der Waals surface area contributed by atoms with Gasteiger partial charge in [-0.25, -0.2) is 0 Å². The molecule has 1 saturated heterocycles. The summed E-state index contributed by atoms with van der Waals surface area (Å²) in [5.41, 5.74) is 0.584. The maximum absolute atomic E-state index is 12.9. The normalized spacial score (nSPS) is 17.4. The smallest absolute Gasteiger partial charge is 0.272 e. The van der Waals surface area contributed by atoms with Crippen molar-refractivity contribution in [2.24, 2.45) is 0 Å². The Morgan fingerprint density at radius 2 is 2.32 bits per heavy atom. The van der Waals surface area contributed by atoms with Crippen LogP contribution < -0.4 is 0 Å². The largest absolute Gasteiger partial charge is 0.382 e. The van der Waals surface area contributed by atoms with Gasteiger partial charge in [0.05, 0.1) is 19.3 Å². The van der Waals surface area contributed by atoms with Gasteiger partial charge in [0.2, 0.25) is 0 Å². The molecule has 0 bridgehead atoms. The van der Waals surface area contributed by atoms with Gasteiger partial charge in [0.15, 0.2) is 5.82 Å². The van der Waals surface area contributed by atoms with Crippen molar-refractivity contribution in [2.75, 3.05) is 26.9 Å². The second-order valence-corrected chi connectivity index (χ2v) is 5.78. The Balaban J connectivity index is 1.67. The van der Waals surface area contributed by atoms with E-state index in [1.807, 2.05) is 6.92 Å². The predicted molar refractivity (Wildman–Crippen MR) is 86.7 cm³/mol. The molecule has 1 fully saturated rings. The lowest BCUT2D eigenvalue weighted by atomic mass is 10.2. The van der Waals surface area contributed by atoms with Crippen molar-refractivity contribution in [3.63, 3.8) is 0 Å². The van der Waals surface area contributed by atoms with E-state index in [0.29, 0.717) is 43.7 Å². The Hall–Kier alpha value is -2.26. The summed E-state index contributed by atoms with van der Waals surface area (Å²) in [6.45, 7) is 4.49. The summed E-state index contributed by atoms with van der Waals surface area (Å²) in [4.78, 5) is 19.0. The van der Waals surface area contributed by atoms with Gasteiger partial charge in [-0.15, -0.1) is 0 Å². The summed E-state index contributed by atoms with van der Waals surface area (Å²) in [6, 6.07) is 1.57. The third kappa shape index (κ3) is 3.88. The lowest BCUT2D eigenvalue weighted by Crippen LogP contribution is -2.32.